The molecule has 5 rings (SSSR count). The smallest absolute Gasteiger partial charge is 0.153 e. The Balaban J connectivity index is 1.33. The summed E-state index contributed by atoms with van der Waals surface area (Å²) in [5, 5.41) is 12.7. The fraction of sp³-hybridized carbons (Fsp3) is 0.292. The third kappa shape index (κ3) is 4.09. The van der Waals surface area contributed by atoms with Gasteiger partial charge in [0.05, 0.1) is 25.5 Å². The van der Waals surface area contributed by atoms with Gasteiger partial charge in [0.2, 0.25) is 0 Å². The van der Waals surface area contributed by atoms with Gasteiger partial charge in [-0.2, -0.15) is 10.2 Å². The van der Waals surface area contributed by atoms with Gasteiger partial charge in [-0.15, -0.1) is 0 Å². The molecule has 1 aliphatic carbocycles. The van der Waals surface area contributed by atoms with Crippen LogP contribution in [0.3, 0.4) is 0 Å². The number of hydrogen-bond acceptors (Lipinski definition) is 5. The molecule has 1 atom stereocenters. The number of rotatable bonds is 7. The van der Waals surface area contributed by atoms with Crippen LogP contribution in [0.5, 0.6) is 5.75 Å². The Hall–Kier alpha value is -3.45. The molecule has 3 aromatic heterocycles. The molecule has 1 aromatic carbocycles. The summed E-state index contributed by atoms with van der Waals surface area (Å²) in [6.45, 7) is 1.48. The zero-order valence-electron chi connectivity index (χ0n) is 17.6. The highest BCUT2D eigenvalue weighted by Crippen LogP contribution is 2.31. The Labute approximate surface area is 181 Å². The van der Waals surface area contributed by atoms with Gasteiger partial charge in [0.15, 0.2) is 5.82 Å². The summed E-state index contributed by atoms with van der Waals surface area (Å²) >= 11 is 0. The van der Waals surface area contributed by atoms with E-state index >= 15 is 0 Å². The molecule has 0 spiro atoms. The van der Waals surface area contributed by atoms with Gasteiger partial charge < -0.3 is 10.1 Å². The first-order valence-corrected chi connectivity index (χ1v) is 10.7. The number of nitrogens with zero attached hydrogens (tertiary/aromatic N) is 5. The molecule has 0 bridgehead atoms. The molecular formula is C24H26N6O. The quantitative estimate of drug-likeness (QED) is 0.500. The monoisotopic (exact) mass is 414 g/mol. The first-order valence-electron chi connectivity index (χ1n) is 10.7. The number of fused-ring (bicyclic) bond motifs is 1. The van der Waals surface area contributed by atoms with E-state index in [9.17, 15) is 0 Å². The summed E-state index contributed by atoms with van der Waals surface area (Å²) in [7, 11) is 1.71. The third-order valence-electron chi connectivity index (χ3n) is 5.84. The van der Waals surface area contributed by atoms with Crippen molar-refractivity contribution in [3.63, 3.8) is 0 Å². The van der Waals surface area contributed by atoms with Crippen LogP contribution in [-0.2, 0) is 19.5 Å². The highest BCUT2D eigenvalue weighted by molar-refractivity contribution is 5.38. The fourth-order valence-electron chi connectivity index (χ4n) is 4.32. The van der Waals surface area contributed by atoms with Crippen LogP contribution in [0.4, 0.5) is 0 Å². The van der Waals surface area contributed by atoms with Gasteiger partial charge in [0, 0.05) is 42.3 Å². The van der Waals surface area contributed by atoms with Crippen molar-refractivity contribution in [1.29, 1.82) is 0 Å². The Morgan fingerprint density at radius 3 is 2.90 bits per heavy atom. The fourth-order valence-corrected chi connectivity index (χ4v) is 4.32. The highest BCUT2D eigenvalue weighted by Gasteiger charge is 2.24. The lowest BCUT2D eigenvalue weighted by molar-refractivity contribution is 0.406. The second-order valence-electron chi connectivity index (χ2n) is 7.82. The number of aromatic nitrogens is 5. The Morgan fingerprint density at radius 2 is 2.10 bits per heavy atom. The third-order valence-corrected chi connectivity index (χ3v) is 5.84. The van der Waals surface area contributed by atoms with Crippen LogP contribution < -0.4 is 10.1 Å². The average Bonchev–Trinajstić information content (AvgIpc) is 3.48. The number of hydrogen-bond donors (Lipinski definition) is 1. The van der Waals surface area contributed by atoms with E-state index in [0.29, 0.717) is 6.54 Å². The summed E-state index contributed by atoms with van der Waals surface area (Å²) in [5.41, 5.74) is 4.89. The second kappa shape index (κ2) is 8.73. The van der Waals surface area contributed by atoms with Gasteiger partial charge >= 0.3 is 0 Å². The molecule has 0 saturated carbocycles. The van der Waals surface area contributed by atoms with Crippen LogP contribution >= 0.6 is 0 Å². The van der Waals surface area contributed by atoms with Crippen molar-refractivity contribution >= 4 is 0 Å². The second-order valence-corrected chi connectivity index (χ2v) is 7.82. The predicted octanol–water partition coefficient (Wildman–Crippen LogP) is 3.69. The maximum atomic E-state index is 5.56. The molecule has 31 heavy (non-hydrogen) atoms. The van der Waals surface area contributed by atoms with Crippen LogP contribution in [0.15, 0.2) is 67.3 Å². The van der Waals surface area contributed by atoms with E-state index < -0.39 is 0 Å². The molecule has 1 unspecified atom stereocenters. The lowest BCUT2D eigenvalue weighted by Gasteiger charge is -2.24. The van der Waals surface area contributed by atoms with E-state index in [1.807, 2.05) is 58.3 Å². The molecule has 0 fully saturated rings. The zero-order chi connectivity index (χ0) is 21.0. The van der Waals surface area contributed by atoms with Crippen molar-refractivity contribution in [1.82, 2.24) is 29.9 Å². The van der Waals surface area contributed by atoms with Crippen LogP contribution in [0.1, 0.15) is 41.3 Å². The molecule has 0 saturated heterocycles. The minimum atomic E-state index is 0.290. The molecule has 0 radical (unpaired) electrons. The molecular weight excluding hydrogens is 388 g/mol. The largest absolute Gasteiger partial charge is 0.496 e. The molecule has 4 aromatic rings. The molecule has 0 amide bonds. The Bertz CT molecular complexity index is 1140. The summed E-state index contributed by atoms with van der Waals surface area (Å²) in [5.74, 6) is 1.76. The van der Waals surface area contributed by atoms with E-state index in [-0.39, 0.29) is 6.04 Å². The number of methoxy groups -OCH3 is 1. The van der Waals surface area contributed by atoms with E-state index in [4.69, 9.17) is 4.74 Å². The molecule has 158 valence electrons. The van der Waals surface area contributed by atoms with Crippen LogP contribution in [0.2, 0.25) is 0 Å². The average molecular weight is 415 g/mol. The summed E-state index contributed by atoms with van der Waals surface area (Å²) in [4.78, 5) is 4.47. The van der Waals surface area contributed by atoms with E-state index in [2.05, 4.69) is 32.6 Å². The van der Waals surface area contributed by atoms with Crippen LogP contribution in [-0.4, -0.2) is 31.7 Å². The minimum Gasteiger partial charge on any atom is -0.496 e. The van der Waals surface area contributed by atoms with Crippen LogP contribution in [0, 0.1) is 0 Å². The van der Waals surface area contributed by atoms with Crippen molar-refractivity contribution < 1.29 is 4.74 Å². The topological polar surface area (TPSA) is 69.8 Å². The van der Waals surface area contributed by atoms with Gasteiger partial charge in [-0.25, -0.2) is 9.67 Å². The van der Waals surface area contributed by atoms with Gasteiger partial charge in [-0.3, -0.25) is 4.68 Å². The first-order chi connectivity index (χ1) is 15.3. The van der Waals surface area contributed by atoms with Crippen molar-refractivity contribution in [3.05, 3.63) is 89.6 Å². The normalized spacial score (nSPS) is 15.6. The summed E-state index contributed by atoms with van der Waals surface area (Å²) in [6.07, 6.45) is 10.8. The lowest BCUT2D eigenvalue weighted by Crippen LogP contribution is -2.25. The number of benzene rings is 1. The predicted molar refractivity (Wildman–Crippen MR) is 118 cm³/mol. The molecule has 3 heterocycles. The number of ether oxygens (including phenoxy) is 1. The van der Waals surface area contributed by atoms with Crippen molar-refractivity contribution in [2.45, 2.75) is 38.4 Å². The van der Waals surface area contributed by atoms with Crippen molar-refractivity contribution in [2.75, 3.05) is 7.11 Å². The van der Waals surface area contributed by atoms with Crippen molar-refractivity contribution in [3.8, 4) is 11.6 Å². The van der Waals surface area contributed by atoms with E-state index in [0.717, 1.165) is 42.9 Å². The van der Waals surface area contributed by atoms with Crippen LogP contribution in [0.25, 0.3) is 5.82 Å². The molecule has 1 aliphatic rings. The van der Waals surface area contributed by atoms with Crippen molar-refractivity contribution in [2.24, 2.45) is 0 Å². The molecule has 7 heteroatoms. The highest BCUT2D eigenvalue weighted by atomic mass is 16.5. The number of pyridine rings is 1. The maximum absolute atomic E-state index is 5.56. The Morgan fingerprint density at radius 1 is 1.13 bits per heavy atom. The molecule has 7 nitrogen and oxygen atoms in total. The van der Waals surface area contributed by atoms with Gasteiger partial charge in [0.25, 0.3) is 0 Å². The molecule has 1 N–H and O–H groups in total. The summed E-state index contributed by atoms with van der Waals surface area (Å²) in [6, 6.07) is 14.5. The standard InChI is InChI=1S/C24H26N6O/c1-31-23-10-9-18(14-19(23)17-29-13-5-12-27-29)15-26-21-6-4-7-22-20(21)16-28-30(22)24-8-2-3-11-25-24/h2-3,5,8-14,16,21,26H,4,6-7,15,17H2,1H3. The summed E-state index contributed by atoms with van der Waals surface area (Å²) < 4.78 is 9.45. The number of nitrogens with one attached hydrogen (secondary N) is 1. The Kier molecular flexibility index (Phi) is 5.50. The molecule has 0 aliphatic heterocycles. The SMILES string of the molecule is COc1ccc(CNC2CCCc3c2cnn3-c2ccccn2)cc1Cn1cccn1. The van der Waals surface area contributed by atoms with E-state index in [1.165, 1.54) is 16.8 Å². The van der Waals surface area contributed by atoms with Gasteiger partial charge in [-0.05, 0) is 55.2 Å². The van der Waals surface area contributed by atoms with Gasteiger partial charge in [-0.1, -0.05) is 12.1 Å². The minimum absolute atomic E-state index is 0.290. The van der Waals surface area contributed by atoms with E-state index in [1.54, 1.807) is 13.3 Å². The maximum Gasteiger partial charge on any atom is 0.153 e. The zero-order valence-corrected chi connectivity index (χ0v) is 17.6. The van der Waals surface area contributed by atoms with Gasteiger partial charge in [0.1, 0.15) is 5.75 Å². The first kappa shape index (κ1) is 19.5. The lowest BCUT2D eigenvalue weighted by atomic mass is 9.92.